The third-order valence-corrected chi connectivity index (χ3v) is 5.73. The van der Waals surface area contributed by atoms with Crippen LogP contribution < -0.4 is 16.0 Å². The molecule has 2 aliphatic carbocycles. The van der Waals surface area contributed by atoms with Gasteiger partial charge in [0, 0.05) is 50.4 Å². The normalized spacial score (nSPS) is 23.3. The maximum absolute atomic E-state index is 12.4. The molecule has 9 heteroatoms. The Morgan fingerprint density at radius 3 is 2.62 bits per heavy atom. The van der Waals surface area contributed by atoms with Crippen LogP contribution in [0, 0.1) is 5.92 Å². The highest BCUT2D eigenvalue weighted by Crippen LogP contribution is 2.26. The first kappa shape index (κ1) is 23.9. The summed E-state index contributed by atoms with van der Waals surface area (Å²) < 4.78 is 1.83. The predicted molar refractivity (Wildman–Crippen MR) is 126 cm³/mol. The second kappa shape index (κ2) is 11.1. The Morgan fingerprint density at radius 1 is 1.28 bits per heavy atom. The summed E-state index contributed by atoms with van der Waals surface area (Å²) in [6.45, 7) is 0.733. The van der Waals surface area contributed by atoms with E-state index in [2.05, 4.69) is 45.0 Å². The first-order valence-electron chi connectivity index (χ1n) is 10.4. The Kier molecular flexibility index (Phi) is 9.19. The zero-order chi connectivity index (χ0) is 20.1. The monoisotopic (exact) mass is 517 g/mol. The highest BCUT2D eigenvalue weighted by molar-refractivity contribution is 14.0. The van der Waals surface area contributed by atoms with Crippen molar-refractivity contribution in [1.82, 2.24) is 30.6 Å². The highest BCUT2D eigenvalue weighted by atomic mass is 127. The van der Waals surface area contributed by atoms with E-state index in [-0.39, 0.29) is 47.9 Å². The Hall–Kier alpha value is -1.36. The van der Waals surface area contributed by atoms with Crippen LogP contribution in [-0.2, 0) is 11.8 Å². The van der Waals surface area contributed by atoms with E-state index in [1.54, 1.807) is 7.05 Å². The van der Waals surface area contributed by atoms with Gasteiger partial charge in [-0.25, -0.2) is 0 Å². The van der Waals surface area contributed by atoms with Gasteiger partial charge in [-0.3, -0.25) is 14.5 Å². The Bertz CT molecular complexity index is 686. The molecule has 1 aromatic rings. The summed E-state index contributed by atoms with van der Waals surface area (Å²) in [6, 6.07) is 0.924. The van der Waals surface area contributed by atoms with E-state index < -0.39 is 0 Å². The minimum Gasteiger partial charge on any atom is -0.354 e. The number of rotatable bonds is 7. The first-order valence-corrected chi connectivity index (χ1v) is 10.4. The summed E-state index contributed by atoms with van der Waals surface area (Å²) in [4.78, 5) is 19.0. The van der Waals surface area contributed by atoms with Gasteiger partial charge in [0.2, 0.25) is 5.91 Å². The zero-order valence-electron chi connectivity index (χ0n) is 18.0. The number of nitrogens with zero attached hydrogens (tertiary/aromatic N) is 4. The molecule has 2 fully saturated rings. The van der Waals surface area contributed by atoms with E-state index >= 15 is 0 Å². The lowest BCUT2D eigenvalue weighted by atomic mass is 9.85. The van der Waals surface area contributed by atoms with Crippen LogP contribution in [0.4, 0.5) is 0 Å². The average Bonchev–Trinajstić information content (AvgIpc) is 3.39. The van der Waals surface area contributed by atoms with Crippen LogP contribution in [0.3, 0.4) is 0 Å². The van der Waals surface area contributed by atoms with E-state index in [1.807, 2.05) is 24.1 Å². The van der Waals surface area contributed by atoms with Crippen LogP contribution in [0.2, 0.25) is 0 Å². The molecule has 3 rings (SSSR count). The number of aliphatic imine (C=N–C) groups is 1. The lowest BCUT2D eigenvalue weighted by molar-refractivity contribution is -0.126. The maximum atomic E-state index is 12.4. The van der Waals surface area contributed by atoms with Gasteiger partial charge in [0.1, 0.15) is 0 Å². The van der Waals surface area contributed by atoms with E-state index in [0.29, 0.717) is 6.04 Å². The van der Waals surface area contributed by atoms with Crippen molar-refractivity contribution in [2.75, 3.05) is 27.7 Å². The number of amides is 1. The lowest BCUT2D eigenvalue weighted by Gasteiger charge is -2.31. The molecule has 0 saturated heterocycles. The van der Waals surface area contributed by atoms with Gasteiger partial charge in [-0.2, -0.15) is 5.10 Å². The Labute approximate surface area is 191 Å². The number of nitrogens with one attached hydrogen (secondary N) is 3. The second-order valence-electron chi connectivity index (χ2n) is 8.37. The molecular weight excluding hydrogens is 481 g/mol. The number of guanidine groups is 1. The maximum Gasteiger partial charge on any atom is 0.223 e. The fourth-order valence-electron chi connectivity index (χ4n) is 3.90. The predicted octanol–water partition coefficient (Wildman–Crippen LogP) is 1.64. The summed E-state index contributed by atoms with van der Waals surface area (Å²) in [5, 5.41) is 14.4. The largest absolute Gasteiger partial charge is 0.354 e. The van der Waals surface area contributed by atoms with Crippen LogP contribution >= 0.6 is 24.0 Å². The molecule has 0 radical (unpaired) electrons. The van der Waals surface area contributed by atoms with Gasteiger partial charge in [0.25, 0.3) is 0 Å². The molecule has 29 heavy (non-hydrogen) atoms. The number of hydrogen-bond donors (Lipinski definition) is 3. The molecule has 2 aliphatic rings. The summed E-state index contributed by atoms with van der Waals surface area (Å²) in [7, 11) is 7.87. The summed E-state index contributed by atoms with van der Waals surface area (Å²) in [6.07, 6.45) is 10.3. The van der Waals surface area contributed by atoms with Crippen LogP contribution in [-0.4, -0.2) is 66.3 Å². The molecule has 0 spiro atoms. The number of halogens is 1. The summed E-state index contributed by atoms with van der Waals surface area (Å²) >= 11 is 0. The molecule has 0 bridgehead atoms. The molecule has 0 aliphatic heterocycles. The van der Waals surface area contributed by atoms with E-state index in [0.717, 1.165) is 51.0 Å². The Balaban J connectivity index is 0.00000300. The van der Waals surface area contributed by atoms with Crippen LogP contribution in [0.15, 0.2) is 17.4 Å². The van der Waals surface area contributed by atoms with Gasteiger partial charge >= 0.3 is 0 Å². The number of aryl methyl sites for hydroxylation is 1. The van der Waals surface area contributed by atoms with Gasteiger partial charge in [-0.15, -0.1) is 24.0 Å². The molecule has 1 amide bonds. The number of carbonyl (C=O) groups is 1. The molecule has 2 saturated carbocycles. The molecular formula is C20H36IN7O. The van der Waals surface area contributed by atoms with Crippen molar-refractivity contribution in [2.24, 2.45) is 18.0 Å². The van der Waals surface area contributed by atoms with Crippen molar-refractivity contribution in [1.29, 1.82) is 0 Å². The van der Waals surface area contributed by atoms with E-state index in [9.17, 15) is 4.79 Å². The fourth-order valence-corrected chi connectivity index (χ4v) is 3.90. The molecule has 8 nitrogen and oxygen atoms in total. The SMILES string of the molecule is CN=C(NCC(c1cnn(C)c1)N(C)C)NC1CCCC(C(=O)NC2CC2)C1.I. The van der Waals surface area contributed by atoms with Crippen molar-refractivity contribution >= 4 is 35.8 Å². The first-order chi connectivity index (χ1) is 13.5. The minimum absolute atomic E-state index is 0. The third kappa shape index (κ3) is 7.13. The minimum atomic E-state index is 0. The quantitative estimate of drug-likeness (QED) is 0.291. The summed E-state index contributed by atoms with van der Waals surface area (Å²) in [5.41, 5.74) is 1.17. The van der Waals surface area contributed by atoms with Crippen LogP contribution in [0.25, 0.3) is 0 Å². The number of hydrogen-bond acceptors (Lipinski definition) is 4. The van der Waals surface area contributed by atoms with Crippen LogP contribution in [0.5, 0.6) is 0 Å². The van der Waals surface area contributed by atoms with Crippen molar-refractivity contribution in [3.8, 4) is 0 Å². The van der Waals surface area contributed by atoms with Gasteiger partial charge in [-0.05, 0) is 46.2 Å². The molecule has 3 N–H and O–H groups in total. The molecule has 0 aromatic carbocycles. The third-order valence-electron chi connectivity index (χ3n) is 5.73. The topological polar surface area (TPSA) is 86.6 Å². The van der Waals surface area contributed by atoms with Crippen molar-refractivity contribution in [3.63, 3.8) is 0 Å². The van der Waals surface area contributed by atoms with Crippen molar-refractivity contribution in [3.05, 3.63) is 18.0 Å². The number of carbonyl (C=O) groups excluding carboxylic acids is 1. The average molecular weight is 517 g/mol. The molecule has 3 unspecified atom stereocenters. The Morgan fingerprint density at radius 2 is 2.03 bits per heavy atom. The van der Waals surface area contributed by atoms with Crippen molar-refractivity contribution < 1.29 is 4.79 Å². The highest BCUT2D eigenvalue weighted by Gasteiger charge is 2.31. The van der Waals surface area contributed by atoms with Gasteiger partial charge in [-0.1, -0.05) is 6.42 Å². The lowest BCUT2D eigenvalue weighted by Crippen LogP contribution is -2.48. The summed E-state index contributed by atoms with van der Waals surface area (Å²) in [5.74, 6) is 1.15. The molecule has 1 aromatic heterocycles. The van der Waals surface area contributed by atoms with Gasteiger partial charge < -0.3 is 20.9 Å². The smallest absolute Gasteiger partial charge is 0.223 e. The number of aromatic nitrogens is 2. The van der Waals surface area contributed by atoms with E-state index in [4.69, 9.17) is 0 Å². The van der Waals surface area contributed by atoms with Gasteiger partial charge in [0.05, 0.1) is 12.2 Å². The standard InChI is InChI=1S/C20H35N7O.HI/c1-21-20(22-12-18(26(2)3)15-11-23-27(4)13-15)25-17-7-5-6-14(10-17)19(28)24-16-8-9-16;/h11,13-14,16-18H,5-10,12H2,1-4H3,(H,24,28)(H2,21,22,25);1H. The van der Waals surface area contributed by atoms with E-state index in [1.165, 1.54) is 5.56 Å². The zero-order valence-corrected chi connectivity index (χ0v) is 20.3. The van der Waals surface area contributed by atoms with Crippen molar-refractivity contribution in [2.45, 2.75) is 56.7 Å². The molecule has 164 valence electrons. The number of likely N-dealkylation sites (N-methyl/N-ethyl adjacent to an activating group) is 1. The molecule has 1 heterocycles. The van der Waals surface area contributed by atoms with Crippen LogP contribution in [0.1, 0.15) is 50.1 Å². The van der Waals surface area contributed by atoms with Gasteiger partial charge in [0.15, 0.2) is 5.96 Å². The molecule has 3 atom stereocenters. The second-order valence-corrected chi connectivity index (χ2v) is 8.37. The fraction of sp³-hybridized carbons (Fsp3) is 0.750.